The van der Waals surface area contributed by atoms with E-state index in [1.165, 1.54) is 24.1 Å². The summed E-state index contributed by atoms with van der Waals surface area (Å²) in [6.07, 6.45) is -0.0291. The molecule has 0 bridgehead atoms. The van der Waals surface area contributed by atoms with Crippen LogP contribution in [0.25, 0.3) is 0 Å². The third-order valence-electron chi connectivity index (χ3n) is 3.41. The lowest BCUT2D eigenvalue weighted by Crippen LogP contribution is -2.43. The fraction of sp³-hybridized carbons (Fsp3) is 0.400. The summed E-state index contributed by atoms with van der Waals surface area (Å²) < 4.78 is 5.11. The molecule has 118 valence electrons. The average Bonchev–Trinajstić information content (AvgIpc) is 2.72. The van der Waals surface area contributed by atoms with Gasteiger partial charge in [-0.3, -0.25) is 19.3 Å². The van der Waals surface area contributed by atoms with Gasteiger partial charge in [0, 0.05) is 11.1 Å². The largest absolute Gasteiger partial charge is 0.496 e. The first-order valence-corrected chi connectivity index (χ1v) is 7.23. The van der Waals surface area contributed by atoms with Gasteiger partial charge in [0.15, 0.2) is 0 Å². The van der Waals surface area contributed by atoms with E-state index < -0.39 is 11.9 Å². The maximum Gasteiger partial charge on any atom is 0.255 e. The van der Waals surface area contributed by atoms with Crippen molar-refractivity contribution in [2.24, 2.45) is 0 Å². The van der Waals surface area contributed by atoms with E-state index in [0.29, 0.717) is 10.8 Å². The molecule has 0 aromatic heterocycles. The van der Waals surface area contributed by atoms with Crippen LogP contribution >= 0.6 is 11.6 Å². The van der Waals surface area contributed by atoms with Gasteiger partial charge in [0.25, 0.3) is 11.8 Å². The fourth-order valence-corrected chi connectivity index (χ4v) is 2.56. The lowest BCUT2D eigenvalue weighted by molar-refractivity contribution is -0.140. The van der Waals surface area contributed by atoms with Gasteiger partial charge in [-0.25, -0.2) is 0 Å². The molecule has 3 amide bonds. The Labute approximate surface area is 133 Å². The van der Waals surface area contributed by atoms with Gasteiger partial charge in [0.2, 0.25) is 5.91 Å². The molecule has 1 aromatic carbocycles. The van der Waals surface area contributed by atoms with E-state index in [2.05, 4.69) is 5.32 Å². The van der Waals surface area contributed by atoms with Crippen LogP contribution in [0, 0.1) is 0 Å². The molecular weight excluding hydrogens is 308 g/mol. The zero-order chi connectivity index (χ0) is 16.4. The third-order valence-corrected chi connectivity index (χ3v) is 3.65. The van der Waals surface area contributed by atoms with Gasteiger partial charge in [0.05, 0.1) is 19.1 Å². The van der Waals surface area contributed by atoms with Gasteiger partial charge in [-0.15, -0.1) is 0 Å². The lowest BCUT2D eigenvalue weighted by Gasteiger charge is -2.19. The van der Waals surface area contributed by atoms with E-state index in [1.54, 1.807) is 19.9 Å². The normalized spacial score (nSPS) is 18.0. The maximum absolute atomic E-state index is 12.3. The Bertz CT molecular complexity index is 630. The Hall–Kier alpha value is -2.08. The zero-order valence-electron chi connectivity index (χ0n) is 12.6. The van der Waals surface area contributed by atoms with Crippen LogP contribution in [-0.4, -0.2) is 41.8 Å². The van der Waals surface area contributed by atoms with Crippen molar-refractivity contribution in [2.75, 3.05) is 7.11 Å². The Morgan fingerprint density at radius 2 is 2.09 bits per heavy atom. The highest BCUT2D eigenvalue weighted by Crippen LogP contribution is 2.24. The summed E-state index contributed by atoms with van der Waals surface area (Å²) in [5, 5.41) is 3.02. The summed E-state index contributed by atoms with van der Waals surface area (Å²) >= 11 is 5.85. The van der Waals surface area contributed by atoms with Crippen LogP contribution in [0.1, 0.15) is 30.6 Å². The van der Waals surface area contributed by atoms with E-state index in [9.17, 15) is 14.4 Å². The van der Waals surface area contributed by atoms with Gasteiger partial charge in [-0.2, -0.15) is 0 Å². The number of carbonyl (C=O) groups excluding carboxylic acids is 3. The molecule has 0 saturated carbocycles. The van der Waals surface area contributed by atoms with E-state index in [-0.39, 0.29) is 29.8 Å². The minimum Gasteiger partial charge on any atom is -0.496 e. The molecule has 1 aliphatic heterocycles. The number of nitrogens with one attached hydrogen (secondary N) is 1. The molecule has 6 nitrogen and oxygen atoms in total. The minimum atomic E-state index is -0.845. The van der Waals surface area contributed by atoms with Crippen molar-refractivity contribution < 1.29 is 19.1 Å². The standard InChI is InChI=1S/C15H17ClN2O4/c1-8(2)18-13(19)7-11(15(18)21)17-14(20)10-5-4-9(16)6-12(10)22-3/h4-6,8,11H,7H2,1-3H3,(H,17,20). The monoisotopic (exact) mass is 324 g/mol. The first-order valence-electron chi connectivity index (χ1n) is 6.85. The van der Waals surface area contributed by atoms with E-state index >= 15 is 0 Å². The van der Waals surface area contributed by atoms with Crippen LogP contribution in [-0.2, 0) is 9.59 Å². The second-order valence-corrected chi connectivity index (χ2v) is 5.71. The third kappa shape index (κ3) is 3.06. The van der Waals surface area contributed by atoms with Crippen molar-refractivity contribution in [3.05, 3.63) is 28.8 Å². The second-order valence-electron chi connectivity index (χ2n) is 5.27. The molecule has 1 saturated heterocycles. The summed E-state index contributed by atoms with van der Waals surface area (Å²) in [5.74, 6) is -0.845. The van der Waals surface area contributed by atoms with E-state index in [1.807, 2.05) is 0 Å². The summed E-state index contributed by atoms with van der Waals surface area (Å²) in [5.41, 5.74) is 0.259. The molecule has 0 radical (unpaired) electrons. The van der Waals surface area contributed by atoms with E-state index in [0.717, 1.165) is 0 Å². The number of likely N-dealkylation sites (tertiary alicyclic amines) is 1. The first kappa shape index (κ1) is 16.3. The average molecular weight is 325 g/mol. The second kappa shape index (κ2) is 6.36. The molecule has 0 spiro atoms. The Balaban J connectivity index is 2.17. The highest BCUT2D eigenvalue weighted by Gasteiger charge is 2.40. The Morgan fingerprint density at radius 3 is 2.64 bits per heavy atom. The number of hydrogen-bond acceptors (Lipinski definition) is 4. The SMILES string of the molecule is COc1cc(Cl)ccc1C(=O)NC1CC(=O)N(C(C)C)C1=O. The van der Waals surface area contributed by atoms with Crippen LogP contribution < -0.4 is 10.1 Å². The molecular formula is C15H17ClN2O4. The van der Waals surface area contributed by atoms with Crippen molar-refractivity contribution in [3.8, 4) is 5.75 Å². The number of rotatable bonds is 4. The number of nitrogens with zero attached hydrogens (tertiary/aromatic N) is 1. The topological polar surface area (TPSA) is 75.7 Å². The minimum absolute atomic E-state index is 0.0291. The van der Waals surface area contributed by atoms with Crippen LogP contribution in [0.4, 0.5) is 0 Å². The number of halogens is 1. The van der Waals surface area contributed by atoms with Gasteiger partial charge in [-0.1, -0.05) is 11.6 Å². The molecule has 1 unspecified atom stereocenters. The summed E-state index contributed by atoms with van der Waals surface area (Å²) in [4.78, 5) is 37.5. The van der Waals surface area contributed by atoms with Crippen LogP contribution in [0.15, 0.2) is 18.2 Å². The number of hydrogen-bond donors (Lipinski definition) is 1. The number of ether oxygens (including phenoxy) is 1. The molecule has 0 aliphatic carbocycles. The number of methoxy groups -OCH3 is 1. The van der Waals surface area contributed by atoms with E-state index in [4.69, 9.17) is 16.3 Å². The van der Waals surface area contributed by atoms with Gasteiger partial charge < -0.3 is 10.1 Å². The summed E-state index contributed by atoms with van der Waals surface area (Å²) in [6.45, 7) is 3.50. The molecule has 1 heterocycles. The first-order chi connectivity index (χ1) is 10.3. The molecule has 1 fully saturated rings. The molecule has 2 rings (SSSR count). The summed E-state index contributed by atoms with van der Waals surface area (Å²) in [7, 11) is 1.42. The number of benzene rings is 1. The number of carbonyl (C=O) groups is 3. The van der Waals surface area contributed by atoms with Crippen molar-refractivity contribution >= 4 is 29.3 Å². The predicted molar refractivity (Wildman–Crippen MR) is 80.9 cm³/mol. The highest BCUT2D eigenvalue weighted by atomic mass is 35.5. The highest BCUT2D eigenvalue weighted by molar-refractivity contribution is 6.30. The van der Waals surface area contributed by atoms with Crippen LogP contribution in [0.3, 0.4) is 0 Å². The molecule has 22 heavy (non-hydrogen) atoms. The van der Waals surface area contributed by atoms with Crippen LogP contribution in [0.5, 0.6) is 5.75 Å². The smallest absolute Gasteiger partial charge is 0.255 e. The Kier molecular flexibility index (Phi) is 4.71. The van der Waals surface area contributed by atoms with Gasteiger partial charge >= 0.3 is 0 Å². The van der Waals surface area contributed by atoms with Crippen LogP contribution in [0.2, 0.25) is 5.02 Å². The van der Waals surface area contributed by atoms with Crippen molar-refractivity contribution in [3.63, 3.8) is 0 Å². The van der Waals surface area contributed by atoms with Crippen molar-refractivity contribution in [1.29, 1.82) is 0 Å². The van der Waals surface area contributed by atoms with Gasteiger partial charge in [-0.05, 0) is 32.0 Å². The number of amides is 3. The molecule has 1 aromatic rings. The lowest BCUT2D eigenvalue weighted by atomic mass is 10.1. The molecule has 1 aliphatic rings. The Morgan fingerprint density at radius 1 is 1.41 bits per heavy atom. The zero-order valence-corrected chi connectivity index (χ0v) is 13.3. The number of imide groups is 1. The molecule has 1 atom stereocenters. The van der Waals surface area contributed by atoms with Gasteiger partial charge in [0.1, 0.15) is 11.8 Å². The van der Waals surface area contributed by atoms with Crippen molar-refractivity contribution in [1.82, 2.24) is 10.2 Å². The fourth-order valence-electron chi connectivity index (χ4n) is 2.39. The quantitative estimate of drug-likeness (QED) is 0.854. The molecule has 7 heteroatoms. The predicted octanol–water partition coefficient (Wildman–Crippen LogP) is 1.61. The molecule has 1 N–H and O–H groups in total. The maximum atomic E-state index is 12.3. The van der Waals surface area contributed by atoms with Crippen molar-refractivity contribution in [2.45, 2.75) is 32.4 Å². The summed E-state index contributed by atoms with van der Waals surface area (Å²) in [6, 6.07) is 3.51.